The summed E-state index contributed by atoms with van der Waals surface area (Å²) in [6, 6.07) is 14.6. The molecule has 8 nitrogen and oxygen atoms in total. The van der Waals surface area contributed by atoms with E-state index >= 15 is 0 Å². The summed E-state index contributed by atoms with van der Waals surface area (Å²) in [6.07, 6.45) is 4.48. The first-order valence-electron chi connectivity index (χ1n) is 10.1. The molecule has 0 saturated heterocycles. The predicted octanol–water partition coefficient (Wildman–Crippen LogP) is 3.67. The summed E-state index contributed by atoms with van der Waals surface area (Å²) < 4.78 is 43.0. The Morgan fingerprint density at radius 2 is 1.85 bits per heavy atom. The van der Waals surface area contributed by atoms with Crippen LogP contribution < -0.4 is 19.5 Å². The molecule has 9 heteroatoms. The van der Waals surface area contributed by atoms with Crippen molar-refractivity contribution >= 4 is 22.0 Å². The third-order valence-electron chi connectivity index (χ3n) is 4.90. The minimum atomic E-state index is -3.68. The van der Waals surface area contributed by atoms with Gasteiger partial charge in [-0.05, 0) is 61.0 Å². The van der Waals surface area contributed by atoms with Crippen LogP contribution in [0.3, 0.4) is 0 Å². The standard InChI is InChI=1S/C24H26N2O6S/c1-17(22-15-19(30-2)9-12-23(22)31-3)26-24(27)13-8-18-6-10-21(11-7-18)33(28,29)25-16-20-5-4-14-32-20/h4-15,17,25H,16H2,1-3H3,(H,26,27)/b13-8+. The predicted molar refractivity (Wildman–Crippen MR) is 124 cm³/mol. The van der Waals surface area contributed by atoms with Gasteiger partial charge in [-0.3, -0.25) is 4.79 Å². The summed E-state index contributed by atoms with van der Waals surface area (Å²) >= 11 is 0. The van der Waals surface area contributed by atoms with Crippen LogP contribution in [0.5, 0.6) is 11.5 Å². The van der Waals surface area contributed by atoms with Crippen molar-refractivity contribution in [3.8, 4) is 11.5 Å². The summed E-state index contributed by atoms with van der Waals surface area (Å²) in [5, 5.41) is 2.88. The summed E-state index contributed by atoms with van der Waals surface area (Å²) in [4.78, 5) is 12.5. The number of ether oxygens (including phenoxy) is 2. The van der Waals surface area contributed by atoms with E-state index in [1.54, 1.807) is 56.7 Å². The number of benzene rings is 2. The number of nitrogens with one attached hydrogen (secondary N) is 2. The monoisotopic (exact) mass is 470 g/mol. The Kier molecular flexibility index (Phi) is 7.92. The Morgan fingerprint density at radius 1 is 1.09 bits per heavy atom. The minimum absolute atomic E-state index is 0.0629. The highest BCUT2D eigenvalue weighted by molar-refractivity contribution is 7.89. The topological polar surface area (TPSA) is 107 Å². The van der Waals surface area contributed by atoms with E-state index in [-0.39, 0.29) is 23.4 Å². The molecule has 0 radical (unpaired) electrons. The lowest BCUT2D eigenvalue weighted by molar-refractivity contribution is -0.117. The maximum Gasteiger partial charge on any atom is 0.244 e. The first-order chi connectivity index (χ1) is 15.8. The van der Waals surface area contributed by atoms with Gasteiger partial charge in [0.05, 0.1) is 38.0 Å². The first kappa shape index (κ1) is 24.1. The Hall–Kier alpha value is -3.56. The molecule has 0 saturated carbocycles. The van der Waals surface area contributed by atoms with Crippen LogP contribution in [-0.2, 0) is 21.4 Å². The van der Waals surface area contributed by atoms with Gasteiger partial charge >= 0.3 is 0 Å². The lowest BCUT2D eigenvalue weighted by atomic mass is 10.1. The Labute approximate surface area is 193 Å². The number of sulfonamides is 1. The molecular weight excluding hydrogens is 444 g/mol. The molecule has 0 aliphatic heterocycles. The van der Waals surface area contributed by atoms with Gasteiger partial charge in [-0.1, -0.05) is 12.1 Å². The van der Waals surface area contributed by atoms with E-state index < -0.39 is 10.0 Å². The fourth-order valence-corrected chi connectivity index (χ4v) is 4.10. The Morgan fingerprint density at radius 3 is 2.48 bits per heavy atom. The largest absolute Gasteiger partial charge is 0.497 e. The summed E-state index contributed by atoms with van der Waals surface area (Å²) in [7, 11) is -0.541. The van der Waals surface area contributed by atoms with Crippen molar-refractivity contribution in [1.82, 2.24) is 10.0 Å². The van der Waals surface area contributed by atoms with Crippen LogP contribution in [-0.4, -0.2) is 28.5 Å². The van der Waals surface area contributed by atoms with E-state index in [2.05, 4.69) is 10.0 Å². The van der Waals surface area contributed by atoms with Crippen molar-refractivity contribution in [2.24, 2.45) is 0 Å². The maximum absolute atomic E-state index is 12.4. The van der Waals surface area contributed by atoms with Gasteiger partial charge in [-0.25, -0.2) is 13.1 Å². The van der Waals surface area contributed by atoms with Gasteiger partial charge < -0.3 is 19.2 Å². The van der Waals surface area contributed by atoms with Crippen molar-refractivity contribution in [3.63, 3.8) is 0 Å². The molecule has 0 fully saturated rings. The highest BCUT2D eigenvalue weighted by Gasteiger charge is 2.15. The van der Waals surface area contributed by atoms with Gasteiger partial charge in [0.25, 0.3) is 0 Å². The average Bonchev–Trinajstić information content (AvgIpc) is 3.35. The first-order valence-corrected chi connectivity index (χ1v) is 11.6. The molecule has 1 unspecified atom stereocenters. The average molecular weight is 471 g/mol. The van der Waals surface area contributed by atoms with Gasteiger partial charge in [0.2, 0.25) is 15.9 Å². The van der Waals surface area contributed by atoms with E-state index in [9.17, 15) is 13.2 Å². The molecule has 2 aromatic carbocycles. The van der Waals surface area contributed by atoms with E-state index in [4.69, 9.17) is 13.9 Å². The van der Waals surface area contributed by atoms with Crippen LogP contribution in [0.1, 0.15) is 29.9 Å². The van der Waals surface area contributed by atoms with Crippen LogP contribution in [0.4, 0.5) is 0 Å². The molecule has 1 aromatic heterocycles. The molecule has 1 heterocycles. The SMILES string of the molecule is COc1ccc(OC)c(C(C)NC(=O)/C=C/c2ccc(S(=O)(=O)NCc3ccco3)cc2)c1. The Balaban J connectivity index is 1.61. The zero-order valence-electron chi connectivity index (χ0n) is 18.6. The fourth-order valence-electron chi connectivity index (χ4n) is 3.11. The summed E-state index contributed by atoms with van der Waals surface area (Å²) in [6.45, 7) is 1.91. The molecule has 3 aromatic rings. The zero-order valence-corrected chi connectivity index (χ0v) is 19.4. The smallest absolute Gasteiger partial charge is 0.244 e. The van der Waals surface area contributed by atoms with Gasteiger partial charge in [0.15, 0.2) is 0 Å². The number of carbonyl (C=O) groups excluding carboxylic acids is 1. The molecule has 0 aliphatic carbocycles. The van der Waals surface area contributed by atoms with Crippen LogP contribution in [0.2, 0.25) is 0 Å². The minimum Gasteiger partial charge on any atom is -0.497 e. The van der Waals surface area contributed by atoms with Crippen molar-refractivity contribution in [1.29, 1.82) is 0 Å². The van der Waals surface area contributed by atoms with Crippen LogP contribution in [0, 0.1) is 0 Å². The highest BCUT2D eigenvalue weighted by Crippen LogP contribution is 2.29. The number of rotatable bonds is 10. The maximum atomic E-state index is 12.4. The molecule has 174 valence electrons. The van der Waals surface area contributed by atoms with Crippen molar-refractivity contribution < 1.29 is 27.1 Å². The summed E-state index contributed by atoms with van der Waals surface area (Å²) in [5.41, 5.74) is 1.47. The van der Waals surface area contributed by atoms with E-state index in [1.165, 1.54) is 24.5 Å². The molecular formula is C24H26N2O6S. The molecule has 1 amide bonds. The highest BCUT2D eigenvalue weighted by atomic mass is 32.2. The van der Waals surface area contributed by atoms with Crippen LogP contribution >= 0.6 is 0 Å². The molecule has 0 aliphatic rings. The number of hydrogen-bond donors (Lipinski definition) is 2. The third-order valence-corrected chi connectivity index (χ3v) is 6.31. The molecule has 2 N–H and O–H groups in total. The second-order valence-electron chi connectivity index (χ2n) is 7.14. The van der Waals surface area contributed by atoms with Crippen molar-refractivity contribution in [2.75, 3.05) is 14.2 Å². The van der Waals surface area contributed by atoms with Crippen LogP contribution in [0.15, 0.2) is 76.2 Å². The number of hydrogen-bond acceptors (Lipinski definition) is 6. The molecule has 3 rings (SSSR count). The quantitative estimate of drug-likeness (QED) is 0.438. The molecule has 0 bridgehead atoms. The molecule has 0 spiro atoms. The van der Waals surface area contributed by atoms with Crippen molar-refractivity contribution in [3.05, 3.63) is 83.8 Å². The fraction of sp³-hybridized carbons (Fsp3) is 0.208. The van der Waals surface area contributed by atoms with Gasteiger partial charge in [-0.15, -0.1) is 0 Å². The molecule has 33 heavy (non-hydrogen) atoms. The van der Waals surface area contributed by atoms with E-state index in [0.717, 1.165) is 5.56 Å². The van der Waals surface area contributed by atoms with Gasteiger partial charge in [0, 0.05) is 11.6 Å². The number of amides is 1. The second-order valence-corrected chi connectivity index (χ2v) is 8.91. The van der Waals surface area contributed by atoms with Gasteiger partial charge in [0.1, 0.15) is 17.3 Å². The molecule has 1 atom stereocenters. The van der Waals surface area contributed by atoms with Gasteiger partial charge in [-0.2, -0.15) is 0 Å². The Bertz CT molecular complexity index is 1200. The van der Waals surface area contributed by atoms with Crippen molar-refractivity contribution in [2.45, 2.75) is 24.4 Å². The summed E-state index contributed by atoms with van der Waals surface area (Å²) in [5.74, 6) is 1.52. The zero-order chi connectivity index (χ0) is 23.8. The second kappa shape index (κ2) is 10.8. The van der Waals surface area contributed by atoms with E-state index in [0.29, 0.717) is 22.8 Å². The van der Waals surface area contributed by atoms with E-state index in [1.807, 2.05) is 13.0 Å². The number of furan rings is 1. The number of methoxy groups -OCH3 is 2. The number of carbonyl (C=O) groups is 1. The lowest BCUT2D eigenvalue weighted by Gasteiger charge is -2.17. The third kappa shape index (κ3) is 6.47. The normalized spacial score (nSPS) is 12.5. The van der Waals surface area contributed by atoms with Crippen LogP contribution in [0.25, 0.3) is 6.08 Å². The lowest BCUT2D eigenvalue weighted by Crippen LogP contribution is -2.25.